The molecule has 9 nitrogen and oxygen atoms in total. The fourth-order valence-corrected chi connectivity index (χ4v) is 7.64. The number of nitrogens with zero attached hydrogens (tertiary/aromatic N) is 4. The van der Waals surface area contributed by atoms with Crippen LogP contribution in [0.1, 0.15) is 42.6 Å². The summed E-state index contributed by atoms with van der Waals surface area (Å²) in [5.41, 5.74) is 8.72. The Morgan fingerprint density at radius 1 is 1.15 bits per heavy atom. The second kappa shape index (κ2) is 11.2. The number of pyridine rings is 1. The molecule has 0 bridgehead atoms. The highest BCUT2D eigenvalue weighted by Crippen LogP contribution is 2.39. The summed E-state index contributed by atoms with van der Waals surface area (Å²) in [4.78, 5) is 8.82. The van der Waals surface area contributed by atoms with E-state index in [1.54, 1.807) is 29.2 Å². The molecule has 4 aromatic rings. The van der Waals surface area contributed by atoms with Gasteiger partial charge in [0, 0.05) is 43.2 Å². The zero-order chi connectivity index (χ0) is 28.6. The van der Waals surface area contributed by atoms with Crippen LogP contribution in [-0.4, -0.2) is 63.9 Å². The Kier molecular flexibility index (Phi) is 7.85. The van der Waals surface area contributed by atoms with E-state index in [1.807, 2.05) is 13.0 Å². The summed E-state index contributed by atoms with van der Waals surface area (Å²) in [5.74, 6) is -1.22. The van der Waals surface area contributed by atoms with Gasteiger partial charge in [0.2, 0.25) is 0 Å². The summed E-state index contributed by atoms with van der Waals surface area (Å²) < 4.78 is 61.2. The second-order valence-electron chi connectivity index (χ2n) is 10.4. The first-order chi connectivity index (χ1) is 19.1. The highest BCUT2D eigenvalue weighted by atomic mass is 32.2. The fraction of sp³-hybridized carbons (Fsp3) is 0.393. The van der Waals surface area contributed by atoms with Gasteiger partial charge in [-0.15, -0.1) is 0 Å². The zero-order valence-corrected chi connectivity index (χ0v) is 23.0. The van der Waals surface area contributed by atoms with Gasteiger partial charge in [-0.2, -0.15) is 5.10 Å². The first-order valence-corrected chi connectivity index (χ1v) is 15.0. The molecule has 1 saturated carbocycles. The minimum Gasteiger partial charge on any atom is -0.491 e. The van der Waals surface area contributed by atoms with Gasteiger partial charge in [-0.25, -0.2) is 26.7 Å². The lowest BCUT2D eigenvalue weighted by atomic mass is 9.75. The third-order valence-corrected chi connectivity index (χ3v) is 9.31. The molecule has 12 heteroatoms. The van der Waals surface area contributed by atoms with Crippen LogP contribution in [0.2, 0.25) is 0 Å². The molecular weight excluding hydrogens is 540 g/mol. The summed E-state index contributed by atoms with van der Waals surface area (Å²) in [7, 11) is -3.27. The van der Waals surface area contributed by atoms with Crippen LogP contribution in [-0.2, 0) is 16.3 Å². The van der Waals surface area contributed by atoms with Gasteiger partial charge in [-0.1, -0.05) is 6.92 Å². The molecule has 0 amide bonds. The van der Waals surface area contributed by atoms with E-state index in [9.17, 15) is 17.2 Å². The van der Waals surface area contributed by atoms with Crippen LogP contribution >= 0.6 is 0 Å². The highest BCUT2D eigenvalue weighted by Gasteiger charge is 2.40. The molecule has 3 aromatic heterocycles. The molecule has 212 valence electrons. The molecule has 5 rings (SSSR count). The lowest BCUT2D eigenvalue weighted by Gasteiger charge is -2.38. The van der Waals surface area contributed by atoms with Gasteiger partial charge in [0.25, 0.3) is 0 Å². The zero-order valence-electron chi connectivity index (χ0n) is 22.2. The number of rotatable bonds is 8. The third-order valence-electron chi connectivity index (χ3n) is 7.51. The number of hydrogen-bond donors (Lipinski definition) is 2. The number of sulfone groups is 1. The maximum atomic E-state index is 14.9. The van der Waals surface area contributed by atoms with Crippen molar-refractivity contribution in [3.05, 3.63) is 77.5 Å². The summed E-state index contributed by atoms with van der Waals surface area (Å²) in [6.07, 6.45) is 7.89. The Morgan fingerprint density at radius 2 is 1.90 bits per heavy atom. The normalized spacial score (nSPS) is 21.6. The standard InChI is InChI=1S/C28H31F2N5O4S/c1-16-9-17(10-24(31)28(16)40(2,37)38)21-5-6-32-14-18(21)11-26-33-15-19-3-4-25(34-35(19)26)27-22(29)12-20(13-23(27)30)39-8-7-36/h3-6,12-17,24,28,36H,7-11,31H2,1-2H3/t16-,17+,24+,28-/m0/s1. The molecule has 1 aromatic carbocycles. The average molecular weight is 572 g/mol. The molecule has 3 heterocycles. The molecule has 3 N–H and O–H groups in total. The van der Waals surface area contributed by atoms with Crippen molar-refractivity contribution >= 4 is 15.4 Å². The van der Waals surface area contributed by atoms with Gasteiger partial charge < -0.3 is 15.6 Å². The molecule has 40 heavy (non-hydrogen) atoms. The van der Waals surface area contributed by atoms with Crippen LogP contribution in [0.25, 0.3) is 16.8 Å². The number of ether oxygens (including phenoxy) is 1. The Bertz CT molecular complexity index is 1610. The highest BCUT2D eigenvalue weighted by molar-refractivity contribution is 7.91. The molecule has 0 spiro atoms. The third kappa shape index (κ3) is 5.56. The maximum absolute atomic E-state index is 14.9. The molecule has 4 atom stereocenters. The molecule has 0 radical (unpaired) electrons. The number of imidazole rings is 1. The van der Waals surface area contributed by atoms with Gasteiger partial charge in [0.1, 0.15) is 29.8 Å². The SMILES string of the molecule is C[C@H]1C[C@@H](c2ccncc2Cc2ncc3ccc(-c4c(F)cc(OCCO)cc4F)nn23)C[C@@H](N)[C@H]1S(C)(=O)=O. The van der Waals surface area contributed by atoms with Crippen molar-refractivity contribution in [2.75, 3.05) is 19.5 Å². The number of hydrogen-bond acceptors (Lipinski definition) is 8. The van der Waals surface area contributed by atoms with E-state index in [-0.39, 0.29) is 42.1 Å². The fourth-order valence-electron chi connectivity index (χ4n) is 5.94. The quantitative estimate of drug-likeness (QED) is 0.329. The number of halogens is 2. The summed E-state index contributed by atoms with van der Waals surface area (Å²) in [5, 5.41) is 12.8. The Morgan fingerprint density at radius 3 is 2.58 bits per heavy atom. The Labute approximate surface area is 231 Å². The summed E-state index contributed by atoms with van der Waals surface area (Å²) in [6, 6.07) is 6.77. The number of benzene rings is 1. The number of aromatic nitrogens is 4. The van der Waals surface area contributed by atoms with Crippen molar-refractivity contribution < 1.29 is 27.0 Å². The van der Waals surface area contributed by atoms with E-state index < -0.39 is 32.8 Å². The first kappa shape index (κ1) is 28.1. The van der Waals surface area contributed by atoms with Gasteiger partial charge in [0.15, 0.2) is 9.84 Å². The average Bonchev–Trinajstić information content (AvgIpc) is 3.28. The van der Waals surface area contributed by atoms with E-state index in [4.69, 9.17) is 15.6 Å². The van der Waals surface area contributed by atoms with Crippen LogP contribution in [0.4, 0.5) is 8.78 Å². The predicted molar refractivity (Wildman–Crippen MR) is 146 cm³/mol. The lowest BCUT2D eigenvalue weighted by molar-refractivity contribution is 0.200. The van der Waals surface area contributed by atoms with E-state index in [1.165, 1.54) is 12.3 Å². The maximum Gasteiger partial charge on any atom is 0.152 e. The number of aliphatic hydroxyl groups is 1. The van der Waals surface area contributed by atoms with Crippen molar-refractivity contribution in [2.45, 2.75) is 43.4 Å². The van der Waals surface area contributed by atoms with E-state index in [0.29, 0.717) is 30.6 Å². The molecule has 0 saturated heterocycles. The van der Waals surface area contributed by atoms with Crippen LogP contribution in [0.5, 0.6) is 5.75 Å². The van der Waals surface area contributed by atoms with E-state index in [0.717, 1.165) is 23.3 Å². The van der Waals surface area contributed by atoms with Gasteiger partial charge >= 0.3 is 0 Å². The van der Waals surface area contributed by atoms with Crippen molar-refractivity contribution in [2.24, 2.45) is 11.7 Å². The molecular formula is C28H31F2N5O4S. The molecule has 1 aliphatic rings. The molecule has 1 fully saturated rings. The van der Waals surface area contributed by atoms with E-state index >= 15 is 0 Å². The van der Waals surface area contributed by atoms with Crippen molar-refractivity contribution in [1.82, 2.24) is 19.6 Å². The predicted octanol–water partition coefficient (Wildman–Crippen LogP) is 3.29. The van der Waals surface area contributed by atoms with Gasteiger partial charge in [0.05, 0.1) is 34.8 Å². The minimum absolute atomic E-state index is 0.0269. The van der Waals surface area contributed by atoms with Gasteiger partial charge in [-0.3, -0.25) is 4.98 Å². The van der Waals surface area contributed by atoms with Crippen LogP contribution in [0.3, 0.4) is 0 Å². The number of fused-ring (bicyclic) bond motifs is 1. The van der Waals surface area contributed by atoms with Crippen LogP contribution in [0, 0.1) is 17.6 Å². The van der Waals surface area contributed by atoms with Crippen molar-refractivity contribution in [1.29, 1.82) is 0 Å². The number of nitrogens with two attached hydrogens (primary N) is 1. The largest absolute Gasteiger partial charge is 0.491 e. The minimum atomic E-state index is -3.27. The second-order valence-corrected chi connectivity index (χ2v) is 12.6. The first-order valence-electron chi connectivity index (χ1n) is 13.0. The lowest BCUT2D eigenvalue weighted by Crippen LogP contribution is -2.48. The Hall–Kier alpha value is -3.48. The summed E-state index contributed by atoms with van der Waals surface area (Å²) >= 11 is 0. The smallest absolute Gasteiger partial charge is 0.152 e. The van der Waals surface area contributed by atoms with Crippen molar-refractivity contribution in [3.8, 4) is 17.0 Å². The van der Waals surface area contributed by atoms with E-state index in [2.05, 4.69) is 15.1 Å². The Balaban J connectivity index is 1.46. The van der Waals surface area contributed by atoms with Crippen LogP contribution < -0.4 is 10.5 Å². The van der Waals surface area contributed by atoms with Crippen LogP contribution in [0.15, 0.2) is 48.9 Å². The van der Waals surface area contributed by atoms with Gasteiger partial charge in [-0.05, 0) is 54.0 Å². The molecule has 0 aliphatic heterocycles. The topological polar surface area (TPSA) is 133 Å². The molecule has 0 unspecified atom stereocenters. The summed E-state index contributed by atoms with van der Waals surface area (Å²) in [6.45, 7) is 1.57. The number of aliphatic hydroxyl groups excluding tert-OH is 1. The van der Waals surface area contributed by atoms with Crippen molar-refractivity contribution in [3.63, 3.8) is 0 Å². The molecule has 1 aliphatic carbocycles. The monoisotopic (exact) mass is 571 g/mol.